The predicted molar refractivity (Wildman–Crippen MR) is 80.3 cm³/mol. The van der Waals surface area contributed by atoms with Crippen molar-refractivity contribution < 1.29 is 0 Å². The summed E-state index contributed by atoms with van der Waals surface area (Å²) in [6.07, 6.45) is 1.88. The van der Waals surface area contributed by atoms with Gasteiger partial charge in [-0.1, -0.05) is 12.1 Å². The number of rotatable bonds is 2. The van der Waals surface area contributed by atoms with Gasteiger partial charge in [0.05, 0.1) is 29.2 Å². The molecule has 0 saturated carbocycles. The Morgan fingerprint density at radius 1 is 1.35 bits per heavy atom. The second-order valence-corrected chi connectivity index (χ2v) is 5.17. The third-order valence-corrected chi connectivity index (χ3v) is 3.37. The SMILES string of the molecule is N#CCc1nc2ccccc2n1-c1ncc(Br)cc1N. The molecule has 0 aliphatic carbocycles. The summed E-state index contributed by atoms with van der Waals surface area (Å²) < 4.78 is 2.64. The maximum absolute atomic E-state index is 8.97. The number of para-hydroxylation sites is 2. The molecule has 2 heterocycles. The highest BCUT2D eigenvalue weighted by Crippen LogP contribution is 2.25. The number of nitrogens with zero attached hydrogens (tertiary/aromatic N) is 4. The molecule has 98 valence electrons. The average Bonchev–Trinajstić information content (AvgIpc) is 2.78. The molecule has 2 N–H and O–H groups in total. The van der Waals surface area contributed by atoms with Crippen molar-refractivity contribution in [2.45, 2.75) is 6.42 Å². The van der Waals surface area contributed by atoms with Crippen LogP contribution < -0.4 is 5.73 Å². The fourth-order valence-corrected chi connectivity index (χ4v) is 2.49. The Morgan fingerprint density at radius 3 is 2.90 bits per heavy atom. The van der Waals surface area contributed by atoms with Gasteiger partial charge in [0, 0.05) is 10.7 Å². The van der Waals surface area contributed by atoms with E-state index in [-0.39, 0.29) is 6.42 Å². The molecule has 0 fully saturated rings. The number of pyridine rings is 1. The van der Waals surface area contributed by atoms with Gasteiger partial charge in [-0.15, -0.1) is 0 Å². The van der Waals surface area contributed by atoms with E-state index in [4.69, 9.17) is 11.0 Å². The van der Waals surface area contributed by atoms with Crippen LogP contribution in [-0.2, 0) is 6.42 Å². The number of aromatic nitrogens is 3. The Morgan fingerprint density at radius 2 is 2.15 bits per heavy atom. The van der Waals surface area contributed by atoms with Crippen molar-refractivity contribution in [3.8, 4) is 11.9 Å². The molecule has 0 radical (unpaired) electrons. The van der Waals surface area contributed by atoms with E-state index in [2.05, 4.69) is 32.0 Å². The number of nitrogen functional groups attached to an aromatic ring is 1. The van der Waals surface area contributed by atoms with Gasteiger partial charge >= 0.3 is 0 Å². The van der Waals surface area contributed by atoms with Gasteiger partial charge < -0.3 is 5.73 Å². The topological polar surface area (TPSA) is 80.5 Å². The smallest absolute Gasteiger partial charge is 0.162 e. The zero-order valence-electron chi connectivity index (χ0n) is 10.4. The Bertz CT molecular complexity index is 831. The highest BCUT2D eigenvalue weighted by molar-refractivity contribution is 9.10. The van der Waals surface area contributed by atoms with Crippen molar-refractivity contribution in [2.24, 2.45) is 0 Å². The Balaban J connectivity index is 2.33. The normalized spacial score (nSPS) is 10.6. The summed E-state index contributed by atoms with van der Waals surface area (Å²) in [5, 5.41) is 8.97. The fraction of sp³-hybridized carbons (Fsp3) is 0.0714. The van der Waals surface area contributed by atoms with Crippen molar-refractivity contribution >= 4 is 32.7 Å². The zero-order valence-corrected chi connectivity index (χ0v) is 12.0. The third-order valence-electron chi connectivity index (χ3n) is 2.94. The summed E-state index contributed by atoms with van der Waals surface area (Å²) in [5.41, 5.74) is 8.28. The van der Waals surface area contributed by atoms with E-state index in [0.717, 1.165) is 15.5 Å². The molecule has 0 aliphatic heterocycles. The molecule has 0 spiro atoms. The molecule has 3 rings (SSSR count). The van der Waals surface area contributed by atoms with Gasteiger partial charge in [0.15, 0.2) is 5.82 Å². The van der Waals surface area contributed by atoms with Crippen LogP contribution in [0.5, 0.6) is 0 Å². The summed E-state index contributed by atoms with van der Waals surface area (Å²) in [6, 6.07) is 11.6. The first-order valence-corrected chi connectivity index (χ1v) is 6.74. The van der Waals surface area contributed by atoms with E-state index in [1.54, 1.807) is 12.3 Å². The number of fused-ring (bicyclic) bond motifs is 1. The molecule has 0 unspecified atom stereocenters. The van der Waals surface area contributed by atoms with Gasteiger partial charge in [-0.3, -0.25) is 4.57 Å². The molecular weight excluding hydrogens is 318 g/mol. The monoisotopic (exact) mass is 327 g/mol. The molecule has 0 atom stereocenters. The van der Waals surface area contributed by atoms with E-state index < -0.39 is 0 Å². The van der Waals surface area contributed by atoms with Crippen molar-refractivity contribution in [1.29, 1.82) is 5.26 Å². The molecule has 0 saturated heterocycles. The molecule has 2 aromatic heterocycles. The number of nitrogens with two attached hydrogens (primary N) is 1. The molecule has 6 heteroatoms. The molecule has 5 nitrogen and oxygen atoms in total. The minimum Gasteiger partial charge on any atom is -0.396 e. The quantitative estimate of drug-likeness (QED) is 0.784. The first kappa shape index (κ1) is 12.6. The maximum atomic E-state index is 8.97. The van der Waals surface area contributed by atoms with Crippen LogP contribution in [0.25, 0.3) is 16.9 Å². The summed E-state index contributed by atoms with van der Waals surface area (Å²) in [5.74, 6) is 1.22. The number of imidazole rings is 1. The summed E-state index contributed by atoms with van der Waals surface area (Å²) >= 11 is 3.34. The zero-order chi connectivity index (χ0) is 14.1. The lowest BCUT2D eigenvalue weighted by Gasteiger charge is -2.09. The highest BCUT2D eigenvalue weighted by Gasteiger charge is 2.15. The number of nitriles is 1. The van der Waals surface area contributed by atoms with Gasteiger partial charge in [-0.05, 0) is 34.1 Å². The molecule has 1 aromatic carbocycles. The molecule has 20 heavy (non-hydrogen) atoms. The van der Waals surface area contributed by atoms with Crippen LogP contribution in [0.2, 0.25) is 0 Å². The van der Waals surface area contributed by atoms with Gasteiger partial charge in [0.1, 0.15) is 5.82 Å². The first-order valence-electron chi connectivity index (χ1n) is 5.95. The van der Waals surface area contributed by atoms with Gasteiger partial charge in [0.2, 0.25) is 0 Å². The van der Waals surface area contributed by atoms with Crippen molar-refractivity contribution in [3.05, 3.63) is 46.8 Å². The number of hydrogen-bond donors (Lipinski definition) is 1. The molecular formula is C14H10BrN5. The summed E-state index contributed by atoms with van der Waals surface area (Å²) in [7, 11) is 0. The van der Waals surface area contributed by atoms with E-state index in [9.17, 15) is 0 Å². The lowest BCUT2D eigenvalue weighted by Crippen LogP contribution is -2.06. The lowest BCUT2D eigenvalue weighted by atomic mass is 10.3. The van der Waals surface area contributed by atoms with Gasteiger partial charge in [0.25, 0.3) is 0 Å². The maximum Gasteiger partial charge on any atom is 0.162 e. The van der Waals surface area contributed by atoms with E-state index in [1.165, 1.54) is 0 Å². The Labute approximate surface area is 123 Å². The minimum atomic E-state index is 0.200. The van der Waals surface area contributed by atoms with Crippen LogP contribution in [0.3, 0.4) is 0 Å². The van der Waals surface area contributed by atoms with Crippen molar-refractivity contribution in [3.63, 3.8) is 0 Å². The standard InChI is InChI=1S/C14H10BrN5/c15-9-7-10(17)14(18-8-9)20-12-4-2-1-3-11(12)19-13(20)5-6-16/h1-4,7-8H,5,17H2. The lowest BCUT2D eigenvalue weighted by molar-refractivity contribution is 0.923. The van der Waals surface area contributed by atoms with E-state index in [0.29, 0.717) is 17.3 Å². The summed E-state index contributed by atoms with van der Waals surface area (Å²) in [6.45, 7) is 0. The molecule has 0 amide bonds. The number of halogens is 1. The van der Waals surface area contributed by atoms with Gasteiger partial charge in [-0.2, -0.15) is 5.26 Å². The molecule has 3 aromatic rings. The highest BCUT2D eigenvalue weighted by atomic mass is 79.9. The van der Waals surface area contributed by atoms with Crippen LogP contribution >= 0.6 is 15.9 Å². The first-order chi connectivity index (χ1) is 9.70. The average molecular weight is 328 g/mol. The molecule has 0 aliphatic rings. The van der Waals surface area contributed by atoms with Crippen LogP contribution in [0, 0.1) is 11.3 Å². The Hall–Kier alpha value is -2.39. The number of anilines is 1. The second-order valence-electron chi connectivity index (χ2n) is 4.25. The fourth-order valence-electron chi connectivity index (χ4n) is 2.14. The minimum absolute atomic E-state index is 0.200. The van der Waals surface area contributed by atoms with Crippen molar-refractivity contribution in [1.82, 2.24) is 14.5 Å². The largest absolute Gasteiger partial charge is 0.396 e. The van der Waals surface area contributed by atoms with Crippen LogP contribution in [-0.4, -0.2) is 14.5 Å². The Kier molecular flexibility index (Phi) is 3.12. The van der Waals surface area contributed by atoms with Crippen LogP contribution in [0.4, 0.5) is 5.69 Å². The second kappa shape index (κ2) is 4.94. The molecule has 0 bridgehead atoms. The van der Waals surface area contributed by atoms with E-state index >= 15 is 0 Å². The van der Waals surface area contributed by atoms with Crippen molar-refractivity contribution in [2.75, 3.05) is 5.73 Å². The summed E-state index contributed by atoms with van der Waals surface area (Å²) in [4.78, 5) is 8.83. The van der Waals surface area contributed by atoms with E-state index in [1.807, 2.05) is 28.8 Å². The number of hydrogen-bond acceptors (Lipinski definition) is 4. The number of benzene rings is 1. The van der Waals surface area contributed by atoms with Crippen LogP contribution in [0.1, 0.15) is 5.82 Å². The van der Waals surface area contributed by atoms with Gasteiger partial charge in [-0.25, -0.2) is 9.97 Å². The predicted octanol–water partition coefficient (Wildman–Crippen LogP) is 2.83. The van der Waals surface area contributed by atoms with Crippen LogP contribution in [0.15, 0.2) is 41.0 Å². The third kappa shape index (κ3) is 2.02.